The van der Waals surface area contributed by atoms with Crippen molar-refractivity contribution in [2.24, 2.45) is 11.0 Å². The molecule has 1 aromatic carbocycles. The van der Waals surface area contributed by atoms with Crippen LogP contribution < -0.4 is 0 Å². The van der Waals surface area contributed by atoms with Crippen LogP contribution in [0.15, 0.2) is 29.4 Å². The molecule has 0 radical (unpaired) electrons. The van der Waals surface area contributed by atoms with E-state index in [4.69, 9.17) is 22.2 Å². The first kappa shape index (κ1) is 12.4. The second-order valence-electron chi connectivity index (χ2n) is 3.28. The number of aliphatic carboxylic acids is 1. The molecule has 16 heavy (non-hydrogen) atoms. The summed E-state index contributed by atoms with van der Waals surface area (Å²) < 4.78 is 0. The fraction of sp³-hybridized carbons (Fsp3) is 0.300. The van der Waals surface area contributed by atoms with Crippen molar-refractivity contribution < 1.29 is 9.90 Å². The van der Waals surface area contributed by atoms with E-state index in [9.17, 15) is 4.79 Å². The molecule has 0 amide bonds. The highest BCUT2D eigenvalue weighted by Gasteiger charge is 2.16. The lowest BCUT2D eigenvalue weighted by molar-refractivity contribution is -0.141. The minimum Gasteiger partial charge on any atom is -0.481 e. The lowest BCUT2D eigenvalue weighted by atomic mass is 10.00. The average Bonchev–Trinajstić information content (AvgIpc) is 2.26. The molecule has 0 heterocycles. The van der Waals surface area contributed by atoms with Crippen LogP contribution in [0, 0.1) is 5.92 Å². The van der Waals surface area contributed by atoms with Crippen LogP contribution in [-0.4, -0.2) is 17.6 Å². The molecular formula is C10H10ClN3O2. The number of carbonyl (C=O) groups is 1. The van der Waals surface area contributed by atoms with Crippen LogP contribution in [0.25, 0.3) is 10.4 Å². The molecule has 1 rings (SSSR count). The van der Waals surface area contributed by atoms with E-state index in [2.05, 4.69) is 10.0 Å². The van der Waals surface area contributed by atoms with Crippen LogP contribution in [-0.2, 0) is 11.2 Å². The van der Waals surface area contributed by atoms with E-state index < -0.39 is 11.9 Å². The summed E-state index contributed by atoms with van der Waals surface area (Å²) in [6, 6.07) is 6.91. The number of hydrogen-bond donors (Lipinski definition) is 1. The minimum absolute atomic E-state index is 0.0472. The van der Waals surface area contributed by atoms with Gasteiger partial charge in [0.05, 0.1) is 5.92 Å². The molecule has 0 saturated heterocycles. The Morgan fingerprint density at radius 2 is 2.12 bits per heavy atom. The molecule has 0 aliphatic carbocycles. The van der Waals surface area contributed by atoms with Crippen LogP contribution in [0.3, 0.4) is 0 Å². The minimum atomic E-state index is -0.970. The second kappa shape index (κ2) is 6.00. The zero-order valence-electron chi connectivity index (χ0n) is 8.38. The maximum Gasteiger partial charge on any atom is 0.306 e. The summed E-state index contributed by atoms with van der Waals surface area (Å²) in [5.41, 5.74) is 9.00. The number of hydrogen-bond acceptors (Lipinski definition) is 2. The van der Waals surface area contributed by atoms with Crippen molar-refractivity contribution >= 4 is 17.6 Å². The summed E-state index contributed by atoms with van der Waals surface area (Å²) in [4.78, 5) is 13.4. The van der Waals surface area contributed by atoms with E-state index in [1.165, 1.54) is 0 Å². The van der Waals surface area contributed by atoms with Gasteiger partial charge in [-0.3, -0.25) is 4.79 Å². The smallest absolute Gasteiger partial charge is 0.306 e. The Balaban J connectivity index is 2.71. The molecule has 0 aromatic heterocycles. The molecule has 1 aromatic rings. The van der Waals surface area contributed by atoms with Gasteiger partial charge < -0.3 is 5.11 Å². The molecule has 84 valence electrons. The van der Waals surface area contributed by atoms with Crippen LogP contribution >= 0.6 is 11.6 Å². The maximum absolute atomic E-state index is 10.9. The van der Waals surface area contributed by atoms with Crippen molar-refractivity contribution in [3.05, 3.63) is 45.3 Å². The van der Waals surface area contributed by atoms with Crippen molar-refractivity contribution in [2.45, 2.75) is 6.42 Å². The first-order chi connectivity index (χ1) is 7.63. The monoisotopic (exact) mass is 239 g/mol. The fourth-order valence-corrected chi connectivity index (χ4v) is 1.40. The summed E-state index contributed by atoms with van der Waals surface area (Å²) >= 11 is 5.71. The Morgan fingerprint density at radius 3 is 2.62 bits per heavy atom. The number of halogens is 1. The van der Waals surface area contributed by atoms with Gasteiger partial charge in [0.2, 0.25) is 0 Å². The fourth-order valence-electron chi connectivity index (χ4n) is 1.27. The van der Waals surface area contributed by atoms with Crippen LogP contribution in [0.1, 0.15) is 5.56 Å². The molecule has 0 spiro atoms. The van der Waals surface area contributed by atoms with E-state index >= 15 is 0 Å². The van der Waals surface area contributed by atoms with Gasteiger partial charge in [0.15, 0.2) is 0 Å². The second-order valence-corrected chi connectivity index (χ2v) is 3.72. The van der Waals surface area contributed by atoms with Crippen molar-refractivity contribution in [3.63, 3.8) is 0 Å². The van der Waals surface area contributed by atoms with E-state index in [1.54, 1.807) is 24.3 Å². The molecule has 0 aliphatic heterocycles. The molecule has 6 heteroatoms. The van der Waals surface area contributed by atoms with E-state index in [-0.39, 0.29) is 6.54 Å². The predicted molar refractivity (Wildman–Crippen MR) is 60.3 cm³/mol. The van der Waals surface area contributed by atoms with E-state index in [1.807, 2.05) is 0 Å². The van der Waals surface area contributed by atoms with Crippen molar-refractivity contribution in [2.75, 3.05) is 6.54 Å². The van der Waals surface area contributed by atoms with Gasteiger partial charge in [-0.25, -0.2) is 0 Å². The molecule has 5 nitrogen and oxygen atoms in total. The summed E-state index contributed by atoms with van der Waals surface area (Å²) in [6.07, 6.45) is 0.325. The highest BCUT2D eigenvalue weighted by molar-refractivity contribution is 6.30. The standard InChI is InChI=1S/C10H10ClN3O2/c11-9-3-1-7(2-4-9)5-8(10(15)16)6-13-14-12/h1-4,8H,5-6H2,(H,15,16). The molecule has 1 atom stereocenters. The molecule has 0 bridgehead atoms. The van der Waals surface area contributed by atoms with Crippen molar-refractivity contribution in [1.29, 1.82) is 0 Å². The van der Waals surface area contributed by atoms with E-state index in [0.29, 0.717) is 11.4 Å². The highest BCUT2D eigenvalue weighted by atomic mass is 35.5. The molecule has 1 N–H and O–H groups in total. The van der Waals surface area contributed by atoms with Gasteiger partial charge in [-0.05, 0) is 29.6 Å². The van der Waals surface area contributed by atoms with Gasteiger partial charge in [0, 0.05) is 16.5 Å². The van der Waals surface area contributed by atoms with Gasteiger partial charge >= 0.3 is 5.97 Å². The predicted octanol–water partition coefficient (Wildman–Crippen LogP) is 2.89. The Bertz CT molecular complexity index is 413. The number of carboxylic acids is 1. The Hall–Kier alpha value is -1.71. The molecule has 0 fully saturated rings. The van der Waals surface area contributed by atoms with Crippen LogP contribution in [0.5, 0.6) is 0 Å². The number of rotatable bonds is 5. The average molecular weight is 240 g/mol. The Kier molecular flexibility index (Phi) is 4.64. The summed E-state index contributed by atoms with van der Waals surface area (Å²) in [7, 11) is 0. The first-order valence-electron chi connectivity index (χ1n) is 4.61. The van der Waals surface area contributed by atoms with Crippen molar-refractivity contribution in [3.8, 4) is 0 Å². The summed E-state index contributed by atoms with van der Waals surface area (Å²) in [6.45, 7) is -0.0472. The first-order valence-corrected chi connectivity index (χ1v) is 4.99. The zero-order valence-corrected chi connectivity index (χ0v) is 9.13. The van der Waals surface area contributed by atoms with Crippen LogP contribution in [0.4, 0.5) is 0 Å². The van der Waals surface area contributed by atoms with E-state index in [0.717, 1.165) is 5.56 Å². The summed E-state index contributed by atoms with van der Waals surface area (Å²) in [5, 5.41) is 12.8. The lowest BCUT2D eigenvalue weighted by Gasteiger charge is -2.08. The largest absolute Gasteiger partial charge is 0.481 e. The number of azide groups is 1. The molecule has 1 unspecified atom stereocenters. The SMILES string of the molecule is [N-]=[N+]=NCC(Cc1ccc(Cl)cc1)C(=O)O. The third-order valence-corrected chi connectivity index (χ3v) is 2.36. The normalized spacial score (nSPS) is 11.6. The Labute approximate surface area is 97.3 Å². The highest BCUT2D eigenvalue weighted by Crippen LogP contribution is 2.14. The molecule has 0 aliphatic rings. The third-order valence-electron chi connectivity index (χ3n) is 2.11. The topological polar surface area (TPSA) is 86.1 Å². The molecular weight excluding hydrogens is 230 g/mol. The van der Waals surface area contributed by atoms with Gasteiger partial charge in [0.1, 0.15) is 0 Å². The van der Waals surface area contributed by atoms with Crippen LogP contribution in [0.2, 0.25) is 5.02 Å². The zero-order chi connectivity index (χ0) is 12.0. The van der Waals surface area contributed by atoms with Gasteiger partial charge in [-0.15, -0.1) is 0 Å². The van der Waals surface area contributed by atoms with Crippen molar-refractivity contribution in [1.82, 2.24) is 0 Å². The van der Waals surface area contributed by atoms with Gasteiger partial charge in [0.25, 0.3) is 0 Å². The third kappa shape index (κ3) is 3.81. The Morgan fingerprint density at radius 1 is 1.50 bits per heavy atom. The van der Waals surface area contributed by atoms with Gasteiger partial charge in [-0.2, -0.15) is 0 Å². The maximum atomic E-state index is 10.9. The molecule has 0 saturated carbocycles. The summed E-state index contributed by atoms with van der Waals surface area (Å²) in [5.74, 6) is -1.67. The quantitative estimate of drug-likeness (QED) is 0.487. The number of carboxylic acid groups (broad SMARTS) is 1. The number of benzene rings is 1. The van der Waals surface area contributed by atoms with Gasteiger partial charge in [-0.1, -0.05) is 28.8 Å². The lowest BCUT2D eigenvalue weighted by Crippen LogP contribution is -2.19. The number of nitrogens with zero attached hydrogens (tertiary/aromatic N) is 3.